The van der Waals surface area contributed by atoms with Crippen molar-refractivity contribution in [2.45, 2.75) is 97.2 Å². The maximum Gasteiger partial charge on any atom is 0.350 e. The van der Waals surface area contributed by atoms with Crippen LogP contribution < -0.4 is 4.74 Å². The van der Waals surface area contributed by atoms with Crippen molar-refractivity contribution < 1.29 is 19.1 Å². The Labute approximate surface area is 209 Å². The monoisotopic (exact) mass is 486 g/mol. The van der Waals surface area contributed by atoms with Gasteiger partial charge in [0.25, 0.3) is 0 Å². The second-order valence-corrected chi connectivity index (χ2v) is 12.9. The molecule has 7 atom stereocenters. The average molecular weight is 487 g/mol. The summed E-state index contributed by atoms with van der Waals surface area (Å²) in [5.74, 6) is 3.35. The topological polar surface area (TPSA) is 52.6 Å². The summed E-state index contributed by atoms with van der Waals surface area (Å²) in [6, 6.07) is 7.08. The van der Waals surface area contributed by atoms with E-state index in [0.29, 0.717) is 45.6 Å². The van der Waals surface area contributed by atoms with E-state index in [-0.39, 0.29) is 17.5 Å². The Balaban J connectivity index is 1.28. The van der Waals surface area contributed by atoms with E-state index in [1.54, 1.807) is 38.1 Å². The number of hydrogen-bond donors (Lipinski definition) is 0. The third-order valence-corrected chi connectivity index (χ3v) is 10.6. The fraction of sp³-hybridized carbons (Fsp3) is 0.724. The van der Waals surface area contributed by atoms with Gasteiger partial charge in [0, 0.05) is 23.3 Å². The van der Waals surface area contributed by atoms with Crippen molar-refractivity contribution in [2.24, 2.45) is 34.5 Å². The van der Waals surface area contributed by atoms with Gasteiger partial charge in [0.05, 0.1) is 0 Å². The van der Waals surface area contributed by atoms with Crippen LogP contribution in [-0.2, 0) is 14.3 Å². The van der Waals surface area contributed by atoms with Gasteiger partial charge < -0.3 is 9.47 Å². The Morgan fingerprint density at radius 3 is 2.41 bits per heavy atom. The molecule has 186 valence electrons. The first kappa shape index (κ1) is 24.2. The summed E-state index contributed by atoms with van der Waals surface area (Å²) in [6.45, 7) is 8.40. The maximum absolute atomic E-state index is 13.3. The molecule has 0 N–H and O–H groups in total. The number of esters is 1. The minimum Gasteiger partial charge on any atom is -0.476 e. The normalized spacial score (nSPS) is 39.6. The summed E-state index contributed by atoms with van der Waals surface area (Å²) in [7, 11) is 0. The van der Waals surface area contributed by atoms with Gasteiger partial charge in [0.2, 0.25) is 0 Å². The van der Waals surface area contributed by atoms with Crippen molar-refractivity contribution in [3.05, 3.63) is 29.3 Å². The van der Waals surface area contributed by atoms with Crippen LogP contribution in [0.25, 0.3) is 0 Å². The fourth-order valence-corrected chi connectivity index (χ4v) is 8.43. The van der Waals surface area contributed by atoms with Crippen molar-refractivity contribution in [1.82, 2.24) is 0 Å². The minimum absolute atomic E-state index is 0.0286. The van der Waals surface area contributed by atoms with Crippen LogP contribution in [-0.4, -0.2) is 23.5 Å². The molecule has 1 aromatic rings. The third kappa shape index (κ3) is 3.98. The van der Waals surface area contributed by atoms with E-state index >= 15 is 0 Å². The largest absolute Gasteiger partial charge is 0.476 e. The van der Waals surface area contributed by atoms with Crippen LogP contribution in [0.5, 0.6) is 5.75 Å². The van der Waals surface area contributed by atoms with Gasteiger partial charge in [-0.2, -0.15) is 0 Å². The second-order valence-electron chi connectivity index (χ2n) is 12.5. The van der Waals surface area contributed by atoms with Gasteiger partial charge in [0.1, 0.15) is 17.6 Å². The first-order valence-electron chi connectivity index (χ1n) is 13.2. The summed E-state index contributed by atoms with van der Waals surface area (Å²) < 4.78 is 12.2. The molecule has 4 fully saturated rings. The second kappa shape index (κ2) is 8.54. The van der Waals surface area contributed by atoms with Crippen molar-refractivity contribution in [3.8, 4) is 5.75 Å². The number of halogens is 1. The SMILES string of the molecule is CC(C)(Oc1ccc(Cl)cc1)C(=O)O[C@@H]1CC[C@@H]2[C@H]3CC[C@H]4CC(=O)CC[C@]4(C)[C@@H]3CC[C@@]21C. The molecule has 1 aromatic carbocycles. The van der Waals surface area contributed by atoms with Crippen molar-refractivity contribution in [3.63, 3.8) is 0 Å². The van der Waals surface area contributed by atoms with Crippen molar-refractivity contribution in [2.75, 3.05) is 0 Å². The number of hydrogen-bond acceptors (Lipinski definition) is 4. The molecule has 0 amide bonds. The van der Waals surface area contributed by atoms with E-state index < -0.39 is 5.60 Å². The van der Waals surface area contributed by atoms with Crippen LogP contribution >= 0.6 is 11.6 Å². The Morgan fingerprint density at radius 2 is 1.68 bits per heavy atom. The molecule has 0 heterocycles. The van der Waals surface area contributed by atoms with Gasteiger partial charge in [-0.3, -0.25) is 4.79 Å². The van der Waals surface area contributed by atoms with Crippen molar-refractivity contribution in [1.29, 1.82) is 0 Å². The van der Waals surface area contributed by atoms with E-state index in [4.69, 9.17) is 21.1 Å². The lowest BCUT2D eigenvalue weighted by molar-refractivity contribution is -0.177. The highest BCUT2D eigenvalue weighted by Gasteiger charge is 2.61. The number of rotatable bonds is 4. The Hall–Kier alpha value is -1.55. The molecule has 4 aliphatic rings. The molecule has 0 aromatic heterocycles. The molecule has 0 spiro atoms. The lowest BCUT2D eigenvalue weighted by Gasteiger charge is -2.60. The number of carbonyl (C=O) groups excluding carboxylic acids is 2. The lowest BCUT2D eigenvalue weighted by Crippen LogP contribution is -2.54. The van der Waals surface area contributed by atoms with Crippen LogP contribution in [0.4, 0.5) is 0 Å². The summed E-state index contributed by atoms with van der Waals surface area (Å²) >= 11 is 5.98. The van der Waals surface area contributed by atoms with Gasteiger partial charge >= 0.3 is 5.97 Å². The molecule has 0 aliphatic heterocycles. The number of ether oxygens (including phenoxy) is 2. The number of ketones is 1. The van der Waals surface area contributed by atoms with Gasteiger partial charge in [0.15, 0.2) is 5.60 Å². The molecule has 4 aliphatic carbocycles. The van der Waals surface area contributed by atoms with Gasteiger partial charge in [-0.05, 0) is 112 Å². The zero-order valence-electron chi connectivity index (χ0n) is 21.1. The van der Waals surface area contributed by atoms with Crippen LogP contribution in [0.15, 0.2) is 24.3 Å². The summed E-state index contributed by atoms with van der Waals surface area (Å²) in [5.41, 5.74) is -0.734. The molecular weight excluding hydrogens is 448 g/mol. The summed E-state index contributed by atoms with van der Waals surface area (Å²) in [6.07, 6.45) is 9.34. The van der Waals surface area contributed by atoms with E-state index in [0.717, 1.165) is 38.5 Å². The first-order chi connectivity index (χ1) is 16.0. The Morgan fingerprint density at radius 1 is 0.971 bits per heavy atom. The van der Waals surface area contributed by atoms with E-state index in [9.17, 15) is 9.59 Å². The number of carbonyl (C=O) groups is 2. The molecule has 5 heteroatoms. The molecule has 5 rings (SSSR count). The van der Waals surface area contributed by atoms with E-state index in [1.807, 2.05) is 0 Å². The zero-order chi connectivity index (χ0) is 24.3. The highest BCUT2D eigenvalue weighted by molar-refractivity contribution is 6.30. The number of benzene rings is 1. The average Bonchev–Trinajstić information content (AvgIpc) is 3.12. The molecule has 4 nitrogen and oxygen atoms in total. The van der Waals surface area contributed by atoms with Crippen LogP contribution in [0, 0.1) is 34.5 Å². The van der Waals surface area contributed by atoms with Crippen LogP contribution in [0.1, 0.15) is 85.5 Å². The highest BCUT2D eigenvalue weighted by atomic mass is 35.5. The smallest absolute Gasteiger partial charge is 0.350 e. The van der Waals surface area contributed by atoms with Gasteiger partial charge in [-0.15, -0.1) is 0 Å². The summed E-state index contributed by atoms with van der Waals surface area (Å²) in [4.78, 5) is 25.4. The molecule has 4 saturated carbocycles. The van der Waals surface area contributed by atoms with E-state index in [1.165, 1.54) is 19.3 Å². The predicted molar refractivity (Wildman–Crippen MR) is 133 cm³/mol. The number of fused-ring (bicyclic) bond motifs is 5. The van der Waals surface area contributed by atoms with Gasteiger partial charge in [-0.1, -0.05) is 25.4 Å². The Kier molecular flexibility index (Phi) is 6.06. The quantitative estimate of drug-likeness (QED) is 0.429. The van der Waals surface area contributed by atoms with Crippen LogP contribution in [0.2, 0.25) is 5.02 Å². The fourth-order valence-electron chi connectivity index (χ4n) is 8.30. The standard InChI is InChI=1S/C29H39ClO4/c1-27(2,34-21-8-6-19(30)7-9-21)26(32)33-25-12-11-23-22-10-5-18-17-20(31)13-15-28(18,3)24(22)14-16-29(23,25)4/h6-9,18,22-25H,5,10-17H2,1-4H3/t18-,22+,23+,24+,25+,28-,29-/m0/s1. The summed E-state index contributed by atoms with van der Waals surface area (Å²) in [5, 5.41) is 0.635. The van der Waals surface area contributed by atoms with E-state index in [2.05, 4.69) is 13.8 Å². The van der Waals surface area contributed by atoms with Crippen LogP contribution in [0.3, 0.4) is 0 Å². The molecule has 0 unspecified atom stereocenters. The maximum atomic E-state index is 13.3. The third-order valence-electron chi connectivity index (χ3n) is 10.3. The molecule has 0 saturated heterocycles. The molecule has 34 heavy (non-hydrogen) atoms. The molecule has 0 radical (unpaired) electrons. The van der Waals surface area contributed by atoms with Crippen molar-refractivity contribution >= 4 is 23.4 Å². The molecule has 0 bridgehead atoms. The Bertz CT molecular complexity index is 955. The number of Topliss-reactive ketones (excluding diaryl/α,β-unsaturated/α-hetero) is 1. The van der Waals surface area contributed by atoms with Gasteiger partial charge in [-0.25, -0.2) is 4.79 Å². The molecular formula is C29H39ClO4. The first-order valence-corrected chi connectivity index (χ1v) is 13.6. The predicted octanol–water partition coefficient (Wildman–Crippen LogP) is 7.02. The zero-order valence-corrected chi connectivity index (χ0v) is 21.8. The highest BCUT2D eigenvalue weighted by Crippen LogP contribution is 2.66. The lowest BCUT2D eigenvalue weighted by atomic mass is 9.45. The minimum atomic E-state index is -1.07.